The molecule has 164 valence electrons. The summed E-state index contributed by atoms with van der Waals surface area (Å²) in [6.45, 7) is 5.31. The van der Waals surface area contributed by atoms with Crippen molar-refractivity contribution in [3.63, 3.8) is 0 Å². The summed E-state index contributed by atoms with van der Waals surface area (Å²) >= 11 is 6.12. The number of halogens is 1. The summed E-state index contributed by atoms with van der Waals surface area (Å²) in [5, 5.41) is 2.87. The molecule has 0 aromatic heterocycles. The highest BCUT2D eigenvalue weighted by atomic mass is 35.5. The van der Waals surface area contributed by atoms with Gasteiger partial charge in [0, 0.05) is 31.8 Å². The van der Waals surface area contributed by atoms with Crippen molar-refractivity contribution >= 4 is 33.2 Å². The lowest BCUT2D eigenvalue weighted by atomic mass is 10.2. The predicted molar refractivity (Wildman–Crippen MR) is 120 cm³/mol. The van der Waals surface area contributed by atoms with Crippen LogP contribution >= 0.6 is 11.6 Å². The van der Waals surface area contributed by atoms with E-state index in [1.807, 2.05) is 18.2 Å². The molecule has 2 rings (SSSR count). The monoisotopic (exact) mass is 452 g/mol. The van der Waals surface area contributed by atoms with E-state index in [4.69, 9.17) is 16.3 Å². The standard InChI is InChI=1S/C22H29ClN2O4S/c1-3-25(4-2)30(27,28)21-17-19(12-13-20(21)23)24-22(26)11-8-15-29-16-14-18-9-6-5-7-10-18/h5-7,9-10,12-13,17H,3-4,8,11,14-16H2,1-2H3,(H,24,26). The lowest BCUT2D eigenvalue weighted by Gasteiger charge is -2.19. The van der Waals surface area contributed by atoms with Gasteiger partial charge in [0.05, 0.1) is 11.6 Å². The number of hydrogen-bond donors (Lipinski definition) is 1. The minimum absolute atomic E-state index is 0.00471. The van der Waals surface area contributed by atoms with E-state index in [2.05, 4.69) is 17.4 Å². The zero-order chi connectivity index (χ0) is 22.0. The number of rotatable bonds is 12. The Hall–Kier alpha value is -1.93. The highest BCUT2D eigenvalue weighted by Crippen LogP contribution is 2.27. The number of carbonyl (C=O) groups is 1. The second kappa shape index (κ2) is 12.1. The zero-order valence-electron chi connectivity index (χ0n) is 17.4. The van der Waals surface area contributed by atoms with E-state index >= 15 is 0 Å². The van der Waals surface area contributed by atoms with Crippen LogP contribution in [-0.4, -0.2) is 44.9 Å². The number of hydrogen-bond acceptors (Lipinski definition) is 4. The maximum absolute atomic E-state index is 12.7. The first-order chi connectivity index (χ1) is 14.4. The molecular formula is C22H29ClN2O4S. The van der Waals surface area contributed by atoms with E-state index in [1.165, 1.54) is 22.0 Å². The van der Waals surface area contributed by atoms with Gasteiger partial charge in [-0.2, -0.15) is 4.31 Å². The normalized spacial score (nSPS) is 11.6. The van der Waals surface area contributed by atoms with Crippen molar-refractivity contribution in [2.24, 2.45) is 0 Å². The van der Waals surface area contributed by atoms with Gasteiger partial charge in [0.25, 0.3) is 0 Å². The molecule has 0 bridgehead atoms. The van der Waals surface area contributed by atoms with Gasteiger partial charge in [-0.25, -0.2) is 8.42 Å². The van der Waals surface area contributed by atoms with Gasteiger partial charge in [-0.15, -0.1) is 0 Å². The highest BCUT2D eigenvalue weighted by Gasteiger charge is 2.24. The third-order valence-electron chi connectivity index (χ3n) is 4.61. The topological polar surface area (TPSA) is 75.7 Å². The van der Waals surface area contributed by atoms with Crippen molar-refractivity contribution in [1.29, 1.82) is 0 Å². The van der Waals surface area contributed by atoms with Crippen LogP contribution in [0.15, 0.2) is 53.4 Å². The molecule has 0 aliphatic rings. The molecular weight excluding hydrogens is 424 g/mol. The van der Waals surface area contributed by atoms with Gasteiger partial charge in [0.2, 0.25) is 15.9 Å². The summed E-state index contributed by atoms with van der Waals surface area (Å²) in [7, 11) is -3.71. The third kappa shape index (κ3) is 7.09. The first kappa shape index (κ1) is 24.3. The third-order valence-corrected chi connectivity index (χ3v) is 7.14. The molecule has 0 heterocycles. The summed E-state index contributed by atoms with van der Waals surface area (Å²) in [5.74, 6) is -0.199. The lowest BCUT2D eigenvalue weighted by molar-refractivity contribution is -0.116. The quantitative estimate of drug-likeness (QED) is 0.486. The lowest BCUT2D eigenvalue weighted by Crippen LogP contribution is -2.30. The van der Waals surface area contributed by atoms with E-state index in [1.54, 1.807) is 19.9 Å². The summed E-state index contributed by atoms with van der Waals surface area (Å²) in [5.41, 5.74) is 1.62. The van der Waals surface area contributed by atoms with Crippen LogP contribution in [-0.2, 0) is 26.0 Å². The van der Waals surface area contributed by atoms with Gasteiger partial charge in [-0.05, 0) is 36.6 Å². The number of carbonyl (C=O) groups excluding carboxylic acids is 1. The van der Waals surface area contributed by atoms with Crippen LogP contribution in [0, 0.1) is 0 Å². The molecule has 6 nitrogen and oxygen atoms in total. The molecule has 0 saturated heterocycles. The highest BCUT2D eigenvalue weighted by molar-refractivity contribution is 7.89. The molecule has 0 spiro atoms. The number of amides is 1. The van der Waals surface area contributed by atoms with E-state index in [-0.39, 0.29) is 22.2 Å². The van der Waals surface area contributed by atoms with Crippen LogP contribution in [0.25, 0.3) is 0 Å². The summed E-state index contributed by atoms with van der Waals surface area (Å²) in [4.78, 5) is 12.2. The Morgan fingerprint density at radius 1 is 1.07 bits per heavy atom. The molecule has 1 amide bonds. The van der Waals surface area contributed by atoms with Crippen molar-refractivity contribution in [3.05, 3.63) is 59.1 Å². The molecule has 1 N–H and O–H groups in total. The van der Waals surface area contributed by atoms with Gasteiger partial charge in [0.15, 0.2) is 0 Å². The first-order valence-corrected chi connectivity index (χ1v) is 11.9. The van der Waals surface area contributed by atoms with Crippen LogP contribution in [0.3, 0.4) is 0 Å². The Labute approximate surface area is 184 Å². The Morgan fingerprint density at radius 2 is 1.77 bits per heavy atom. The molecule has 0 fully saturated rings. The predicted octanol–water partition coefficient (Wildman–Crippen LogP) is 4.35. The van der Waals surface area contributed by atoms with Crippen LogP contribution < -0.4 is 5.32 Å². The molecule has 2 aromatic rings. The SMILES string of the molecule is CCN(CC)S(=O)(=O)c1cc(NC(=O)CCCOCCc2ccccc2)ccc1Cl. The maximum Gasteiger partial charge on any atom is 0.244 e. The number of ether oxygens (including phenoxy) is 1. The van der Waals surface area contributed by atoms with Crippen LogP contribution in [0.5, 0.6) is 0 Å². The fraction of sp³-hybridized carbons (Fsp3) is 0.409. The minimum Gasteiger partial charge on any atom is -0.381 e. The first-order valence-electron chi connectivity index (χ1n) is 10.1. The van der Waals surface area contributed by atoms with Gasteiger partial charge >= 0.3 is 0 Å². The number of sulfonamides is 1. The molecule has 0 radical (unpaired) electrons. The molecule has 0 saturated carbocycles. The molecule has 0 aliphatic heterocycles. The molecule has 2 aromatic carbocycles. The van der Waals surface area contributed by atoms with Crippen LogP contribution in [0.2, 0.25) is 5.02 Å². The smallest absolute Gasteiger partial charge is 0.244 e. The van der Waals surface area contributed by atoms with E-state index < -0.39 is 10.0 Å². The molecule has 0 aliphatic carbocycles. The largest absolute Gasteiger partial charge is 0.381 e. The van der Waals surface area contributed by atoms with Crippen molar-refractivity contribution in [2.45, 2.75) is 38.0 Å². The van der Waals surface area contributed by atoms with Crippen LogP contribution in [0.4, 0.5) is 5.69 Å². The van der Waals surface area contributed by atoms with E-state index in [0.717, 1.165) is 6.42 Å². The molecule has 8 heteroatoms. The van der Waals surface area contributed by atoms with Gasteiger partial charge in [0.1, 0.15) is 4.90 Å². The van der Waals surface area contributed by atoms with E-state index in [9.17, 15) is 13.2 Å². The molecule has 0 unspecified atom stereocenters. The van der Waals surface area contributed by atoms with Crippen molar-refractivity contribution in [1.82, 2.24) is 4.31 Å². The van der Waals surface area contributed by atoms with Gasteiger partial charge in [-0.1, -0.05) is 55.8 Å². The Bertz CT molecular complexity index is 916. The fourth-order valence-corrected chi connectivity index (χ4v) is 4.93. The summed E-state index contributed by atoms with van der Waals surface area (Å²) < 4.78 is 32.4. The maximum atomic E-state index is 12.7. The Morgan fingerprint density at radius 3 is 2.43 bits per heavy atom. The number of anilines is 1. The second-order valence-corrected chi connectivity index (χ2v) is 9.05. The Kier molecular flexibility index (Phi) is 9.78. The van der Waals surface area contributed by atoms with Crippen LogP contribution in [0.1, 0.15) is 32.3 Å². The van der Waals surface area contributed by atoms with Crippen molar-refractivity contribution in [3.8, 4) is 0 Å². The van der Waals surface area contributed by atoms with Crippen molar-refractivity contribution < 1.29 is 17.9 Å². The number of nitrogens with zero attached hydrogens (tertiary/aromatic N) is 1. The second-order valence-electron chi connectivity index (χ2n) is 6.73. The number of benzene rings is 2. The van der Waals surface area contributed by atoms with Gasteiger partial charge < -0.3 is 10.1 Å². The minimum atomic E-state index is -3.71. The Balaban J connectivity index is 1.82. The summed E-state index contributed by atoms with van der Waals surface area (Å²) in [6.07, 6.45) is 1.70. The zero-order valence-corrected chi connectivity index (χ0v) is 19.0. The van der Waals surface area contributed by atoms with Crippen molar-refractivity contribution in [2.75, 3.05) is 31.6 Å². The van der Waals surface area contributed by atoms with E-state index in [0.29, 0.717) is 38.4 Å². The number of nitrogens with one attached hydrogen (secondary N) is 1. The summed E-state index contributed by atoms with van der Waals surface area (Å²) in [6, 6.07) is 14.6. The molecule has 0 atom stereocenters. The van der Waals surface area contributed by atoms with Gasteiger partial charge in [-0.3, -0.25) is 4.79 Å². The average Bonchev–Trinajstić information content (AvgIpc) is 2.73. The average molecular weight is 453 g/mol. The fourth-order valence-electron chi connectivity index (χ4n) is 2.98. The molecule has 30 heavy (non-hydrogen) atoms.